The highest BCUT2D eigenvalue weighted by molar-refractivity contribution is 5.31. The minimum absolute atomic E-state index is 0.250. The number of nitrogens with one attached hydrogen (secondary N) is 1. The number of benzene rings is 1. The molecule has 3 atom stereocenters. The maximum atomic E-state index is 13.9. The van der Waals surface area contributed by atoms with E-state index in [1.54, 1.807) is 12.1 Å². The average molecular weight is 292 g/mol. The SMILES string of the molecule is COc1ccc(C(C)N2CCCC2C2CCCN2)cc1F. The van der Waals surface area contributed by atoms with Gasteiger partial charge in [0.05, 0.1) is 7.11 Å². The van der Waals surface area contributed by atoms with E-state index in [1.165, 1.54) is 32.8 Å². The van der Waals surface area contributed by atoms with E-state index in [-0.39, 0.29) is 11.9 Å². The highest BCUT2D eigenvalue weighted by Gasteiger charge is 2.35. The molecule has 1 aromatic rings. The summed E-state index contributed by atoms with van der Waals surface area (Å²) < 4.78 is 18.9. The molecule has 2 fully saturated rings. The minimum atomic E-state index is -0.267. The zero-order chi connectivity index (χ0) is 14.8. The van der Waals surface area contributed by atoms with Crippen LogP contribution in [0.4, 0.5) is 4.39 Å². The summed E-state index contributed by atoms with van der Waals surface area (Å²) in [5, 5.41) is 3.63. The van der Waals surface area contributed by atoms with Gasteiger partial charge in [-0.15, -0.1) is 0 Å². The van der Waals surface area contributed by atoms with E-state index in [4.69, 9.17) is 4.74 Å². The van der Waals surface area contributed by atoms with Gasteiger partial charge in [0.25, 0.3) is 0 Å². The molecule has 3 rings (SSSR count). The molecule has 116 valence electrons. The molecule has 1 aromatic carbocycles. The molecule has 0 radical (unpaired) electrons. The third-order valence-corrected chi connectivity index (χ3v) is 5.06. The lowest BCUT2D eigenvalue weighted by atomic mass is 10.0. The third kappa shape index (κ3) is 2.92. The number of halogens is 1. The van der Waals surface area contributed by atoms with Crippen molar-refractivity contribution in [3.63, 3.8) is 0 Å². The number of ether oxygens (including phenoxy) is 1. The summed E-state index contributed by atoms with van der Waals surface area (Å²) in [7, 11) is 1.50. The summed E-state index contributed by atoms with van der Waals surface area (Å²) in [6.45, 7) is 4.44. The maximum absolute atomic E-state index is 13.9. The van der Waals surface area contributed by atoms with Gasteiger partial charge in [0.15, 0.2) is 11.6 Å². The van der Waals surface area contributed by atoms with Crippen molar-refractivity contribution in [1.29, 1.82) is 0 Å². The second kappa shape index (κ2) is 6.32. The van der Waals surface area contributed by atoms with Crippen molar-refractivity contribution in [3.8, 4) is 5.75 Å². The first-order valence-electron chi connectivity index (χ1n) is 8.03. The van der Waals surface area contributed by atoms with E-state index in [0.29, 0.717) is 17.8 Å². The number of hydrogen-bond donors (Lipinski definition) is 1. The maximum Gasteiger partial charge on any atom is 0.165 e. The van der Waals surface area contributed by atoms with Crippen LogP contribution >= 0.6 is 0 Å². The van der Waals surface area contributed by atoms with Crippen molar-refractivity contribution in [2.24, 2.45) is 0 Å². The number of likely N-dealkylation sites (tertiary alicyclic amines) is 1. The Morgan fingerprint density at radius 3 is 2.86 bits per heavy atom. The Kier molecular flexibility index (Phi) is 4.45. The molecule has 2 heterocycles. The Bertz CT molecular complexity index is 488. The molecule has 3 nitrogen and oxygen atoms in total. The van der Waals surface area contributed by atoms with E-state index in [0.717, 1.165) is 18.7 Å². The Balaban J connectivity index is 1.76. The molecule has 3 unspecified atom stereocenters. The van der Waals surface area contributed by atoms with Gasteiger partial charge in [0.2, 0.25) is 0 Å². The van der Waals surface area contributed by atoms with Crippen molar-refractivity contribution < 1.29 is 9.13 Å². The molecule has 0 aliphatic carbocycles. The van der Waals surface area contributed by atoms with Crippen molar-refractivity contribution in [1.82, 2.24) is 10.2 Å². The summed E-state index contributed by atoms with van der Waals surface area (Å²) in [5.74, 6) is 0.0537. The molecular weight excluding hydrogens is 267 g/mol. The first-order valence-corrected chi connectivity index (χ1v) is 8.03. The Morgan fingerprint density at radius 2 is 2.19 bits per heavy atom. The fraction of sp³-hybridized carbons (Fsp3) is 0.647. The molecule has 0 spiro atoms. The largest absolute Gasteiger partial charge is 0.494 e. The zero-order valence-corrected chi connectivity index (χ0v) is 12.9. The van der Waals surface area contributed by atoms with Crippen LogP contribution in [0.2, 0.25) is 0 Å². The third-order valence-electron chi connectivity index (χ3n) is 5.06. The van der Waals surface area contributed by atoms with Gasteiger partial charge in [-0.2, -0.15) is 0 Å². The molecule has 4 heteroatoms. The molecule has 1 N–H and O–H groups in total. The van der Waals surface area contributed by atoms with Gasteiger partial charge in [-0.25, -0.2) is 4.39 Å². The molecule has 0 bridgehead atoms. The zero-order valence-electron chi connectivity index (χ0n) is 12.9. The van der Waals surface area contributed by atoms with Gasteiger partial charge in [-0.05, 0) is 63.4 Å². The number of nitrogens with zero attached hydrogens (tertiary/aromatic N) is 1. The quantitative estimate of drug-likeness (QED) is 0.923. The summed E-state index contributed by atoms with van der Waals surface area (Å²) in [5.41, 5.74) is 1.04. The van der Waals surface area contributed by atoms with Gasteiger partial charge < -0.3 is 10.1 Å². The van der Waals surface area contributed by atoms with Crippen LogP contribution in [0.3, 0.4) is 0 Å². The normalized spacial score (nSPS) is 28.0. The lowest BCUT2D eigenvalue weighted by molar-refractivity contribution is 0.163. The summed E-state index contributed by atoms with van der Waals surface area (Å²) in [4.78, 5) is 2.55. The van der Waals surface area contributed by atoms with Crippen LogP contribution in [0.5, 0.6) is 5.75 Å². The molecule has 2 saturated heterocycles. The smallest absolute Gasteiger partial charge is 0.165 e. The van der Waals surface area contributed by atoms with Crippen LogP contribution in [-0.4, -0.2) is 37.2 Å². The molecule has 2 aliphatic heterocycles. The van der Waals surface area contributed by atoms with Gasteiger partial charge in [0, 0.05) is 18.1 Å². The van der Waals surface area contributed by atoms with Gasteiger partial charge in [0.1, 0.15) is 0 Å². The summed E-state index contributed by atoms with van der Waals surface area (Å²) in [6.07, 6.45) is 5.04. The van der Waals surface area contributed by atoms with E-state index in [1.807, 2.05) is 6.07 Å². The first-order chi connectivity index (χ1) is 10.2. The average Bonchev–Trinajstić information content (AvgIpc) is 3.16. The molecule has 0 aromatic heterocycles. The minimum Gasteiger partial charge on any atom is -0.494 e. The van der Waals surface area contributed by atoms with Crippen LogP contribution in [0.15, 0.2) is 18.2 Å². The van der Waals surface area contributed by atoms with Crippen LogP contribution in [0.1, 0.15) is 44.2 Å². The van der Waals surface area contributed by atoms with Crippen LogP contribution in [0.25, 0.3) is 0 Å². The van der Waals surface area contributed by atoms with Crippen LogP contribution < -0.4 is 10.1 Å². The van der Waals surface area contributed by atoms with Crippen LogP contribution in [-0.2, 0) is 0 Å². The molecule has 0 amide bonds. The van der Waals surface area contributed by atoms with Crippen molar-refractivity contribution >= 4 is 0 Å². The number of hydrogen-bond acceptors (Lipinski definition) is 3. The van der Waals surface area contributed by atoms with Crippen molar-refractivity contribution in [2.45, 2.75) is 50.7 Å². The molecule has 21 heavy (non-hydrogen) atoms. The molecule has 0 saturated carbocycles. The lowest BCUT2D eigenvalue weighted by Gasteiger charge is -2.34. The fourth-order valence-corrected chi connectivity index (χ4v) is 3.90. The summed E-state index contributed by atoms with van der Waals surface area (Å²) in [6, 6.07) is 6.80. The van der Waals surface area contributed by atoms with Gasteiger partial charge in [-0.3, -0.25) is 4.90 Å². The van der Waals surface area contributed by atoms with E-state index in [2.05, 4.69) is 17.1 Å². The predicted octanol–water partition coefficient (Wildman–Crippen LogP) is 3.11. The fourth-order valence-electron chi connectivity index (χ4n) is 3.90. The Labute approximate surface area is 126 Å². The summed E-state index contributed by atoms with van der Waals surface area (Å²) >= 11 is 0. The Morgan fingerprint density at radius 1 is 1.33 bits per heavy atom. The monoisotopic (exact) mass is 292 g/mol. The highest BCUT2D eigenvalue weighted by Crippen LogP contribution is 2.33. The first kappa shape index (κ1) is 14.8. The van der Waals surface area contributed by atoms with E-state index < -0.39 is 0 Å². The van der Waals surface area contributed by atoms with Gasteiger partial charge >= 0.3 is 0 Å². The number of methoxy groups -OCH3 is 1. The molecular formula is C17H25FN2O. The second-order valence-corrected chi connectivity index (χ2v) is 6.22. The van der Waals surface area contributed by atoms with E-state index >= 15 is 0 Å². The second-order valence-electron chi connectivity index (χ2n) is 6.22. The molecule has 2 aliphatic rings. The predicted molar refractivity (Wildman–Crippen MR) is 82.1 cm³/mol. The standard InChI is InChI=1S/C17H25FN2O/c1-12(13-7-8-17(21-2)14(18)11-13)20-10-4-6-16(20)15-5-3-9-19-15/h7-8,11-12,15-16,19H,3-6,9-10H2,1-2H3. The Hall–Kier alpha value is -1.13. The number of rotatable bonds is 4. The van der Waals surface area contributed by atoms with Crippen LogP contribution in [0, 0.1) is 5.82 Å². The lowest BCUT2D eigenvalue weighted by Crippen LogP contribution is -2.44. The van der Waals surface area contributed by atoms with Crippen molar-refractivity contribution in [3.05, 3.63) is 29.6 Å². The van der Waals surface area contributed by atoms with Gasteiger partial charge in [-0.1, -0.05) is 6.07 Å². The van der Waals surface area contributed by atoms with E-state index in [9.17, 15) is 4.39 Å². The highest BCUT2D eigenvalue weighted by atomic mass is 19.1. The van der Waals surface area contributed by atoms with Crippen molar-refractivity contribution in [2.75, 3.05) is 20.2 Å². The topological polar surface area (TPSA) is 24.5 Å².